The standard InChI is InChI=1S/C22H24FNO3.ClH/c1-2-10-24-11-9-20(16-3-5-18(23)6-4-16)17(13-24)14-25-19-7-8-21-22(12-19)27-15-26-21;/h2-8,12,17,20H,1,9-11,13-15H2;1H/t17-,20-;/m1./s1. The number of rotatable bonds is 6. The van der Waals surface area contributed by atoms with Gasteiger partial charge in [0.1, 0.15) is 11.6 Å². The molecule has 1 saturated heterocycles. The van der Waals surface area contributed by atoms with E-state index in [0.717, 1.165) is 43.3 Å². The Labute approximate surface area is 171 Å². The van der Waals surface area contributed by atoms with Crippen molar-refractivity contribution < 1.29 is 18.6 Å². The molecule has 2 aliphatic heterocycles. The second kappa shape index (κ2) is 9.30. The van der Waals surface area contributed by atoms with Crippen molar-refractivity contribution in [3.05, 3.63) is 66.5 Å². The van der Waals surface area contributed by atoms with Gasteiger partial charge in [-0.25, -0.2) is 4.39 Å². The first kappa shape index (κ1) is 20.5. The zero-order chi connectivity index (χ0) is 18.6. The molecule has 150 valence electrons. The molecule has 2 aromatic carbocycles. The van der Waals surface area contributed by atoms with Gasteiger partial charge in [0.15, 0.2) is 11.5 Å². The summed E-state index contributed by atoms with van der Waals surface area (Å²) in [4.78, 5) is 2.39. The number of fused-ring (bicyclic) bond motifs is 1. The largest absolute Gasteiger partial charge is 0.493 e. The summed E-state index contributed by atoms with van der Waals surface area (Å²) in [6.07, 6.45) is 2.96. The van der Waals surface area contributed by atoms with Gasteiger partial charge in [0.25, 0.3) is 0 Å². The molecule has 0 N–H and O–H groups in total. The van der Waals surface area contributed by atoms with Crippen molar-refractivity contribution in [2.24, 2.45) is 5.92 Å². The predicted octanol–water partition coefficient (Wildman–Crippen LogP) is 4.65. The minimum atomic E-state index is -0.198. The topological polar surface area (TPSA) is 30.9 Å². The molecule has 28 heavy (non-hydrogen) atoms. The van der Waals surface area contributed by atoms with Crippen molar-refractivity contribution in [3.8, 4) is 17.2 Å². The monoisotopic (exact) mass is 405 g/mol. The van der Waals surface area contributed by atoms with Crippen molar-refractivity contribution in [1.82, 2.24) is 4.90 Å². The third kappa shape index (κ3) is 4.59. The summed E-state index contributed by atoms with van der Waals surface area (Å²) in [5, 5.41) is 0. The van der Waals surface area contributed by atoms with Gasteiger partial charge in [-0.3, -0.25) is 4.90 Å². The molecule has 4 nitrogen and oxygen atoms in total. The quantitative estimate of drug-likeness (QED) is 0.655. The Morgan fingerprint density at radius 2 is 1.93 bits per heavy atom. The lowest BCUT2D eigenvalue weighted by atomic mass is 9.81. The van der Waals surface area contributed by atoms with Crippen molar-refractivity contribution >= 4 is 12.4 Å². The lowest BCUT2D eigenvalue weighted by Crippen LogP contribution is -2.41. The summed E-state index contributed by atoms with van der Waals surface area (Å²) < 4.78 is 30.2. The van der Waals surface area contributed by atoms with E-state index < -0.39 is 0 Å². The molecule has 2 aromatic rings. The first-order valence-corrected chi connectivity index (χ1v) is 9.34. The fourth-order valence-electron chi connectivity index (χ4n) is 3.94. The van der Waals surface area contributed by atoms with Gasteiger partial charge in [0, 0.05) is 25.1 Å². The van der Waals surface area contributed by atoms with Crippen LogP contribution in [0.1, 0.15) is 17.9 Å². The van der Waals surface area contributed by atoms with Gasteiger partial charge in [-0.15, -0.1) is 19.0 Å². The maximum absolute atomic E-state index is 13.3. The Balaban J connectivity index is 0.00000225. The number of ether oxygens (including phenoxy) is 3. The van der Waals surface area contributed by atoms with Crippen LogP contribution in [0.2, 0.25) is 0 Å². The van der Waals surface area contributed by atoms with Crippen LogP contribution in [0.4, 0.5) is 4.39 Å². The molecule has 0 amide bonds. The Hall–Kier alpha value is -2.24. The highest BCUT2D eigenvalue weighted by atomic mass is 35.5. The van der Waals surface area contributed by atoms with Crippen LogP contribution in [0, 0.1) is 11.7 Å². The van der Waals surface area contributed by atoms with Gasteiger partial charge >= 0.3 is 0 Å². The van der Waals surface area contributed by atoms with Gasteiger partial charge in [-0.1, -0.05) is 18.2 Å². The second-order valence-electron chi connectivity index (χ2n) is 7.08. The highest BCUT2D eigenvalue weighted by Gasteiger charge is 2.30. The molecule has 2 atom stereocenters. The first-order valence-electron chi connectivity index (χ1n) is 9.34. The normalized spacial score (nSPS) is 21.0. The summed E-state index contributed by atoms with van der Waals surface area (Å²) in [6, 6.07) is 12.5. The van der Waals surface area contributed by atoms with Crippen LogP contribution in [0.3, 0.4) is 0 Å². The van der Waals surface area contributed by atoms with Crippen LogP contribution >= 0.6 is 12.4 Å². The minimum Gasteiger partial charge on any atom is -0.493 e. The highest BCUT2D eigenvalue weighted by Crippen LogP contribution is 2.37. The predicted molar refractivity (Wildman–Crippen MR) is 109 cm³/mol. The van der Waals surface area contributed by atoms with E-state index >= 15 is 0 Å². The number of hydrogen-bond donors (Lipinski definition) is 0. The third-order valence-corrected chi connectivity index (χ3v) is 5.31. The van der Waals surface area contributed by atoms with Crippen LogP contribution in [0.5, 0.6) is 17.2 Å². The summed E-state index contributed by atoms with van der Waals surface area (Å²) in [6.45, 7) is 7.51. The Bertz CT molecular complexity index is 799. The molecule has 0 unspecified atom stereocenters. The summed E-state index contributed by atoms with van der Waals surface area (Å²) in [5.74, 6) is 2.71. The summed E-state index contributed by atoms with van der Waals surface area (Å²) >= 11 is 0. The average Bonchev–Trinajstić information content (AvgIpc) is 3.15. The van der Waals surface area contributed by atoms with E-state index in [1.54, 1.807) is 12.1 Å². The lowest BCUT2D eigenvalue weighted by Gasteiger charge is -2.38. The van der Waals surface area contributed by atoms with Crippen molar-refractivity contribution in [1.29, 1.82) is 0 Å². The van der Waals surface area contributed by atoms with E-state index in [9.17, 15) is 4.39 Å². The zero-order valence-corrected chi connectivity index (χ0v) is 16.5. The number of likely N-dealkylation sites (tertiary alicyclic amines) is 1. The highest BCUT2D eigenvalue weighted by molar-refractivity contribution is 5.85. The first-order chi connectivity index (χ1) is 13.2. The van der Waals surface area contributed by atoms with E-state index in [-0.39, 0.29) is 25.0 Å². The Morgan fingerprint density at radius 1 is 1.14 bits per heavy atom. The third-order valence-electron chi connectivity index (χ3n) is 5.31. The zero-order valence-electron chi connectivity index (χ0n) is 15.7. The smallest absolute Gasteiger partial charge is 0.231 e. The fraction of sp³-hybridized carbons (Fsp3) is 0.364. The van der Waals surface area contributed by atoms with Gasteiger partial charge in [-0.2, -0.15) is 0 Å². The maximum Gasteiger partial charge on any atom is 0.231 e. The second-order valence-corrected chi connectivity index (χ2v) is 7.08. The molecule has 0 saturated carbocycles. The van der Waals surface area contributed by atoms with E-state index in [0.29, 0.717) is 18.4 Å². The molecular weight excluding hydrogens is 381 g/mol. The molecule has 6 heteroatoms. The molecule has 4 rings (SSSR count). The number of benzene rings is 2. The SMILES string of the molecule is C=CCN1CC[C@H](c2ccc(F)cc2)[C@@H](COc2ccc3c(c2)OCO3)C1.Cl. The molecule has 0 aliphatic carbocycles. The number of halogens is 2. The lowest BCUT2D eigenvalue weighted by molar-refractivity contribution is 0.119. The summed E-state index contributed by atoms with van der Waals surface area (Å²) in [7, 11) is 0. The summed E-state index contributed by atoms with van der Waals surface area (Å²) in [5.41, 5.74) is 1.17. The molecule has 0 radical (unpaired) electrons. The molecule has 2 heterocycles. The number of nitrogens with zero attached hydrogens (tertiary/aromatic N) is 1. The van der Waals surface area contributed by atoms with E-state index in [1.807, 2.05) is 36.4 Å². The molecule has 0 aromatic heterocycles. The van der Waals surface area contributed by atoms with Crippen LogP contribution in [0.25, 0.3) is 0 Å². The van der Waals surface area contributed by atoms with Gasteiger partial charge < -0.3 is 14.2 Å². The van der Waals surface area contributed by atoms with Crippen LogP contribution in [-0.2, 0) is 0 Å². The van der Waals surface area contributed by atoms with E-state index in [2.05, 4.69) is 11.5 Å². The molecule has 2 aliphatic rings. The van der Waals surface area contributed by atoms with Crippen molar-refractivity contribution in [2.75, 3.05) is 33.0 Å². The van der Waals surface area contributed by atoms with Crippen LogP contribution in [0.15, 0.2) is 55.1 Å². The molecule has 0 spiro atoms. The molecule has 0 bridgehead atoms. The maximum atomic E-state index is 13.3. The van der Waals surface area contributed by atoms with Crippen LogP contribution in [-0.4, -0.2) is 37.9 Å². The molecular formula is C22H25ClFNO3. The number of hydrogen-bond acceptors (Lipinski definition) is 4. The Kier molecular flexibility index (Phi) is 6.81. The van der Waals surface area contributed by atoms with E-state index in [1.165, 1.54) is 5.56 Å². The molecule has 1 fully saturated rings. The van der Waals surface area contributed by atoms with Gasteiger partial charge in [-0.05, 0) is 48.7 Å². The number of piperidine rings is 1. The van der Waals surface area contributed by atoms with Crippen molar-refractivity contribution in [2.45, 2.75) is 12.3 Å². The fourth-order valence-corrected chi connectivity index (χ4v) is 3.94. The van der Waals surface area contributed by atoms with Crippen LogP contribution < -0.4 is 14.2 Å². The van der Waals surface area contributed by atoms with Gasteiger partial charge in [0.2, 0.25) is 6.79 Å². The average molecular weight is 406 g/mol. The minimum absolute atomic E-state index is 0. The Morgan fingerprint density at radius 3 is 2.71 bits per heavy atom. The van der Waals surface area contributed by atoms with Gasteiger partial charge in [0.05, 0.1) is 6.61 Å². The van der Waals surface area contributed by atoms with Crippen molar-refractivity contribution in [3.63, 3.8) is 0 Å². The van der Waals surface area contributed by atoms with E-state index in [4.69, 9.17) is 14.2 Å².